The minimum absolute atomic E-state index is 0.0701. The van der Waals surface area contributed by atoms with Crippen LogP contribution < -0.4 is 25.2 Å². The second kappa shape index (κ2) is 13.5. The lowest BCUT2D eigenvalue weighted by atomic mass is 9.95. The highest BCUT2D eigenvalue weighted by molar-refractivity contribution is 6.23. The molecular weight excluding hydrogens is 676 g/mol. The minimum Gasteiger partial charge on any atom is -0.496 e. The molecule has 4 aromatic rings. The molecule has 2 aromatic heterocycles. The largest absolute Gasteiger partial charge is 0.496 e. The van der Waals surface area contributed by atoms with Gasteiger partial charge in [0, 0.05) is 67.9 Å². The number of hydrogen-bond donors (Lipinski definition) is 1. The summed E-state index contributed by atoms with van der Waals surface area (Å²) >= 11 is 0. The van der Waals surface area contributed by atoms with Gasteiger partial charge in [-0.25, -0.2) is 4.98 Å². The Bertz CT molecular complexity index is 2320. The van der Waals surface area contributed by atoms with Crippen molar-refractivity contribution < 1.29 is 28.7 Å². The predicted molar refractivity (Wildman–Crippen MR) is 196 cm³/mol. The van der Waals surface area contributed by atoms with Gasteiger partial charge in [-0.15, -0.1) is 0 Å². The van der Waals surface area contributed by atoms with Crippen LogP contribution in [0, 0.1) is 17.8 Å². The fourth-order valence-corrected chi connectivity index (χ4v) is 7.52. The number of benzene rings is 2. The summed E-state index contributed by atoms with van der Waals surface area (Å²) in [5.41, 5.74) is 3.68. The van der Waals surface area contributed by atoms with Gasteiger partial charge in [-0.05, 0) is 74.3 Å². The third-order valence-corrected chi connectivity index (χ3v) is 10.6. The highest BCUT2D eigenvalue weighted by Crippen LogP contribution is 2.39. The predicted octanol–water partition coefficient (Wildman–Crippen LogP) is 3.10. The zero-order chi connectivity index (χ0) is 37.0. The van der Waals surface area contributed by atoms with Crippen LogP contribution in [0.25, 0.3) is 21.9 Å². The Labute approximate surface area is 305 Å². The van der Waals surface area contributed by atoms with Crippen LogP contribution in [0.3, 0.4) is 0 Å². The molecule has 0 spiro atoms. The maximum absolute atomic E-state index is 13.2. The molecule has 1 atom stereocenters. The summed E-state index contributed by atoms with van der Waals surface area (Å²) in [6, 6.07) is 9.92. The molecule has 270 valence electrons. The first kappa shape index (κ1) is 34.1. The van der Waals surface area contributed by atoms with E-state index in [1.54, 1.807) is 50.2 Å². The average Bonchev–Trinajstić information content (AvgIpc) is 3.99. The number of nitrogens with zero attached hydrogens (tertiary/aromatic N) is 5. The zero-order valence-corrected chi connectivity index (χ0v) is 29.7. The second-order valence-corrected chi connectivity index (χ2v) is 13.9. The molecule has 2 aromatic carbocycles. The number of imide groups is 2. The molecule has 0 aliphatic carbocycles. The molecule has 0 radical (unpaired) electrons. The SMILES string of the molecule is COc1cc(-c2cn(C)c(=O)c3cnc(N4CC4)cc23)cc(OC)c1CN1CCC(C#Cc2ccc3c(c2)C(=O)N(C2CCC(=O)NC2=O)C3=O)CC1. The fourth-order valence-electron chi connectivity index (χ4n) is 7.52. The maximum atomic E-state index is 13.2. The molecule has 53 heavy (non-hydrogen) atoms. The number of anilines is 1. The van der Waals surface area contributed by atoms with Crippen molar-refractivity contribution in [1.29, 1.82) is 0 Å². The van der Waals surface area contributed by atoms with Gasteiger partial charge in [0.25, 0.3) is 17.4 Å². The molecule has 4 aliphatic heterocycles. The van der Waals surface area contributed by atoms with E-state index in [9.17, 15) is 24.0 Å². The average molecular weight is 715 g/mol. The summed E-state index contributed by atoms with van der Waals surface area (Å²) in [6.45, 7) is 4.14. The Balaban J connectivity index is 0.963. The first-order valence-corrected chi connectivity index (χ1v) is 17.7. The second-order valence-electron chi connectivity index (χ2n) is 13.9. The number of methoxy groups -OCH3 is 2. The van der Waals surface area contributed by atoms with Crippen LogP contribution in [-0.4, -0.2) is 89.4 Å². The molecule has 6 heterocycles. The van der Waals surface area contributed by atoms with Crippen molar-refractivity contribution in [2.45, 2.75) is 38.3 Å². The minimum atomic E-state index is -1.00. The van der Waals surface area contributed by atoms with Crippen molar-refractivity contribution in [3.8, 4) is 34.5 Å². The van der Waals surface area contributed by atoms with E-state index in [0.29, 0.717) is 29.0 Å². The number of nitrogens with one attached hydrogen (secondary N) is 1. The molecule has 1 N–H and O–H groups in total. The van der Waals surface area contributed by atoms with Crippen molar-refractivity contribution in [2.24, 2.45) is 13.0 Å². The summed E-state index contributed by atoms with van der Waals surface area (Å²) in [4.78, 5) is 73.3. The Hall–Kier alpha value is -6.00. The number of ether oxygens (including phenoxy) is 2. The topological polar surface area (TPSA) is 143 Å². The monoisotopic (exact) mass is 714 g/mol. The van der Waals surface area contributed by atoms with Gasteiger partial charge in [0.15, 0.2) is 0 Å². The molecule has 3 fully saturated rings. The van der Waals surface area contributed by atoms with Gasteiger partial charge in [0.1, 0.15) is 23.4 Å². The lowest BCUT2D eigenvalue weighted by molar-refractivity contribution is -0.136. The number of hydrogen-bond acceptors (Lipinski definition) is 10. The molecule has 13 nitrogen and oxygen atoms in total. The lowest BCUT2D eigenvalue weighted by Crippen LogP contribution is -2.54. The number of fused-ring (bicyclic) bond motifs is 2. The van der Waals surface area contributed by atoms with E-state index in [1.807, 2.05) is 24.4 Å². The van der Waals surface area contributed by atoms with Crippen molar-refractivity contribution in [1.82, 2.24) is 24.7 Å². The molecule has 13 heteroatoms. The Kier molecular flexibility index (Phi) is 8.70. The van der Waals surface area contributed by atoms with Crippen molar-refractivity contribution in [2.75, 3.05) is 45.3 Å². The Morgan fingerprint density at radius 2 is 1.57 bits per heavy atom. The molecule has 3 saturated heterocycles. The van der Waals surface area contributed by atoms with Crippen LogP contribution in [0.2, 0.25) is 0 Å². The van der Waals surface area contributed by atoms with Crippen molar-refractivity contribution in [3.63, 3.8) is 0 Å². The van der Waals surface area contributed by atoms with E-state index in [2.05, 4.69) is 31.9 Å². The third-order valence-electron chi connectivity index (χ3n) is 10.6. The molecule has 8 rings (SSSR count). The van der Waals surface area contributed by atoms with Crippen LogP contribution in [-0.2, 0) is 23.2 Å². The molecule has 4 aliphatic rings. The molecular formula is C40H38N6O7. The van der Waals surface area contributed by atoms with Crippen molar-refractivity contribution in [3.05, 3.63) is 81.4 Å². The van der Waals surface area contributed by atoms with Crippen LogP contribution >= 0.6 is 0 Å². The smallest absolute Gasteiger partial charge is 0.262 e. The first-order valence-electron chi connectivity index (χ1n) is 17.7. The summed E-state index contributed by atoms with van der Waals surface area (Å²) in [5.74, 6) is 6.84. The van der Waals surface area contributed by atoms with Gasteiger partial charge in [-0.2, -0.15) is 0 Å². The first-order chi connectivity index (χ1) is 25.6. The number of amides is 4. The fraction of sp³-hybridized carbons (Fsp3) is 0.350. The summed E-state index contributed by atoms with van der Waals surface area (Å²) in [7, 11) is 5.05. The highest BCUT2D eigenvalue weighted by atomic mass is 16.5. The number of likely N-dealkylation sites (tertiary alicyclic amines) is 1. The normalized spacial score (nSPS) is 18.9. The van der Waals surface area contributed by atoms with Crippen LogP contribution in [0.15, 0.2) is 53.6 Å². The van der Waals surface area contributed by atoms with E-state index in [0.717, 1.165) is 71.8 Å². The lowest BCUT2D eigenvalue weighted by Gasteiger charge is -2.30. The van der Waals surface area contributed by atoms with Gasteiger partial charge in [0.05, 0.1) is 36.3 Å². The summed E-state index contributed by atoms with van der Waals surface area (Å²) in [6.07, 6.45) is 5.39. The maximum Gasteiger partial charge on any atom is 0.262 e. The standard InChI is InChI=1S/C40H38N6O7/c1-43-21-30(27-19-35(45-14-15-45)41-20-29(27)38(43)49)25-17-33(52-2)31(34(18-25)53-3)22-44-12-10-23(11-13-44)4-5-24-6-7-26-28(16-24)40(51)46(39(26)50)32-8-9-36(47)42-37(32)48/h6-7,16-21,23,32H,8-15,22H2,1-3H3,(H,42,47,48). The van der Waals surface area contributed by atoms with E-state index >= 15 is 0 Å². The van der Waals surface area contributed by atoms with Crippen LogP contribution in [0.4, 0.5) is 5.82 Å². The van der Waals surface area contributed by atoms with Gasteiger partial charge in [0.2, 0.25) is 11.8 Å². The van der Waals surface area contributed by atoms with E-state index in [4.69, 9.17) is 9.47 Å². The summed E-state index contributed by atoms with van der Waals surface area (Å²) in [5, 5.41) is 3.61. The van der Waals surface area contributed by atoms with E-state index in [-0.39, 0.29) is 35.4 Å². The number of carbonyl (C=O) groups is 4. The number of piperidine rings is 2. The van der Waals surface area contributed by atoms with Gasteiger partial charge < -0.3 is 18.9 Å². The van der Waals surface area contributed by atoms with Gasteiger partial charge in [-0.1, -0.05) is 11.8 Å². The quantitative estimate of drug-likeness (QED) is 0.172. The number of pyridine rings is 2. The van der Waals surface area contributed by atoms with Crippen LogP contribution in [0.1, 0.15) is 57.5 Å². The Morgan fingerprint density at radius 3 is 2.25 bits per heavy atom. The van der Waals surface area contributed by atoms with Gasteiger partial charge in [-0.3, -0.25) is 39.1 Å². The van der Waals surface area contributed by atoms with E-state index in [1.165, 1.54) is 0 Å². The van der Waals surface area contributed by atoms with Crippen molar-refractivity contribution >= 4 is 40.2 Å². The zero-order valence-electron chi connectivity index (χ0n) is 29.7. The summed E-state index contributed by atoms with van der Waals surface area (Å²) < 4.78 is 13.5. The molecule has 0 saturated carbocycles. The Morgan fingerprint density at radius 1 is 0.849 bits per heavy atom. The van der Waals surface area contributed by atoms with Crippen LogP contribution in [0.5, 0.6) is 11.5 Å². The molecule has 1 unspecified atom stereocenters. The molecule has 4 amide bonds. The number of carbonyl (C=O) groups excluding carboxylic acids is 4. The number of rotatable bonds is 7. The van der Waals surface area contributed by atoms with E-state index < -0.39 is 29.7 Å². The number of aryl methyl sites for hydroxylation is 1. The number of aromatic nitrogens is 2. The molecule has 0 bridgehead atoms. The van der Waals surface area contributed by atoms with Gasteiger partial charge >= 0.3 is 0 Å². The third kappa shape index (κ3) is 6.29. The highest BCUT2D eigenvalue weighted by Gasteiger charge is 2.44.